The molecule has 1 aliphatic rings. The summed E-state index contributed by atoms with van der Waals surface area (Å²) in [4.78, 5) is 10.9. The first-order valence-corrected chi connectivity index (χ1v) is 4.66. The zero-order valence-corrected chi connectivity index (χ0v) is 8.62. The number of methoxy groups -OCH3 is 1. The van der Waals surface area contributed by atoms with Gasteiger partial charge in [-0.2, -0.15) is 0 Å². The van der Waals surface area contributed by atoms with Crippen LogP contribution >= 0.6 is 0 Å². The van der Waals surface area contributed by atoms with Crippen LogP contribution in [0.15, 0.2) is 0 Å². The Balaban J connectivity index is 2.32. The van der Waals surface area contributed by atoms with E-state index >= 15 is 0 Å². The van der Waals surface area contributed by atoms with Crippen molar-refractivity contribution < 1.29 is 19.0 Å². The number of esters is 1. The molecule has 0 unspecified atom stereocenters. The Morgan fingerprint density at radius 2 is 2.14 bits per heavy atom. The lowest BCUT2D eigenvalue weighted by molar-refractivity contribution is -0.153. The summed E-state index contributed by atoms with van der Waals surface area (Å²) in [7, 11) is 1.35. The van der Waals surface area contributed by atoms with Gasteiger partial charge < -0.3 is 19.9 Å². The monoisotopic (exact) mass is 203 g/mol. The molecule has 5 heteroatoms. The van der Waals surface area contributed by atoms with Crippen molar-refractivity contribution in [1.29, 1.82) is 0 Å². The van der Waals surface area contributed by atoms with E-state index in [-0.39, 0.29) is 18.4 Å². The Labute approximate surface area is 83.5 Å². The van der Waals surface area contributed by atoms with Crippen LogP contribution in [0.2, 0.25) is 0 Å². The molecule has 0 saturated carbocycles. The maximum Gasteiger partial charge on any atom is 0.307 e. The number of hydrogen-bond acceptors (Lipinski definition) is 5. The summed E-state index contributed by atoms with van der Waals surface area (Å²) < 4.78 is 15.3. The summed E-state index contributed by atoms with van der Waals surface area (Å²) in [6.45, 7) is 3.00. The first-order valence-electron chi connectivity index (χ1n) is 4.66. The van der Waals surface area contributed by atoms with E-state index in [4.69, 9.17) is 15.2 Å². The first kappa shape index (κ1) is 11.4. The summed E-state index contributed by atoms with van der Waals surface area (Å²) in [5.41, 5.74) is 5.75. The number of rotatable bonds is 4. The van der Waals surface area contributed by atoms with Crippen molar-refractivity contribution in [1.82, 2.24) is 0 Å². The Morgan fingerprint density at radius 3 is 2.64 bits per heavy atom. The van der Waals surface area contributed by atoms with E-state index in [0.717, 1.165) is 0 Å². The lowest BCUT2D eigenvalue weighted by Gasteiger charge is -2.25. The molecule has 0 spiro atoms. The highest BCUT2D eigenvalue weighted by atomic mass is 16.7. The number of carbonyl (C=O) groups excluding carboxylic acids is 1. The van der Waals surface area contributed by atoms with Crippen LogP contribution in [0.1, 0.15) is 19.8 Å². The van der Waals surface area contributed by atoms with Gasteiger partial charge in [0, 0.05) is 12.5 Å². The average molecular weight is 203 g/mol. The molecule has 0 bridgehead atoms. The van der Waals surface area contributed by atoms with Crippen molar-refractivity contribution in [2.45, 2.75) is 31.6 Å². The molecule has 1 rings (SSSR count). The summed E-state index contributed by atoms with van der Waals surface area (Å²) in [6, 6.07) is -0.287. The average Bonchev–Trinajstić information content (AvgIpc) is 2.51. The SMILES string of the molecule is COC(=O)C[C@H](N)CC1(C)OCCO1. The van der Waals surface area contributed by atoms with E-state index in [2.05, 4.69) is 4.74 Å². The quantitative estimate of drug-likeness (QED) is 0.653. The van der Waals surface area contributed by atoms with Crippen LogP contribution < -0.4 is 5.73 Å². The van der Waals surface area contributed by atoms with E-state index in [1.54, 1.807) is 0 Å². The second-order valence-corrected chi connectivity index (χ2v) is 3.58. The third-order valence-corrected chi connectivity index (χ3v) is 2.19. The number of nitrogens with two attached hydrogens (primary N) is 1. The van der Waals surface area contributed by atoms with E-state index in [0.29, 0.717) is 19.6 Å². The Kier molecular flexibility index (Phi) is 3.86. The van der Waals surface area contributed by atoms with Gasteiger partial charge in [-0.3, -0.25) is 4.79 Å². The van der Waals surface area contributed by atoms with Crippen molar-refractivity contribution in [3.05, 3.63) is 0 Å². The Hall–Kier alpha value is -0.650. The summed E-state index contributed by atoms with van der Waals surface area (Å²) in [5, 5.41) is 0. The summed E-state index contributed by atoms with van der Waals surface area (Å²) in [5.74, 6) is -0.938. The fraction of sp³-hybridized carbons (Fsp3) is 0.889. The van der Waals surface area contributed by atoms with E-state index in [1.807, 2.05) is 6.92 Å². The highest BCUT2D eigenvalue weighted by Gasteiger charge is 2.33. The lowest BCUT2D eigenvalue weighted by atomic mass is 10.1. The maximum atomic E-state index is 10.9. The van der Waals surface area contributed by atoms with Crippen LogP contribution in [0.4, 0.5) is 0 Å². The molecule has 0 aromatic rings. The third kappa shape index (κ3) is 3.25. The fourth-order valence-electron chi connectivity index (χ4n) is 1.52. The van der Waals surface area contributed by atoms with Crippen LogP contribution in [-0.4, -0.2) is 38.1 Å². The highest BCUT2D eigenvalue weighted by Crippen LogP contribution is 2.24. The fourth-order valence-corrected chi connectivity index (χ4v) is 1.52. The molecule has 1 saturated heterocycles. The van der Waals surface area contributed by atoms with E-state index in [9.17, 15) is 4.79 Å². The van der Waals surface area contributed by atoms with Gasteiger partial charge in [0.15, 0.2) is 5.79 Å². The minimum atomic E-state index is -0.632. The second kappa shape index (κ2) is 4.72. The maximum absolute atomic E-state index is 10.9. The smallest absolute Gasteiger partial charge is 0.307 e. The molecule has 2 N–H and O–H groups in total. The molecule has 0 aliphatic carbocycles. The molecule has 1 fully saturated rings. The van der Waals surface area contributed by atoms with E-state index in [1.165, 1.54) is 7.11 Å². The first-order chi connectivity index (χ1) is 6.56. The van der Waals surface area contributed by atoms with Crippen molar-refractivity contribution >= 4 is 5.97 Å². The molecule has 5 nitrogen and oxygen atoms in total. The molecule has 14 heavy (non-hydrogen) atoms. The molecule has 1 atom stereocenters. The van der Waals surface area contributed by atoms with Crippen LogP contribution in [0, 0.1) is 0 Å². The minimum absolute atomic E-state index is 0.193. The molecule has 0 amide bonds. The van der Waals surface area contributed by atoms with Gasteiger partial charge in [-0.1, -0.05) is 0 Å². The molecule has 1 aliphatic heterocycles. The van der Waals surface area contributed by atoms with Crippen molar-refractivity contribution in [2.24, 2.45) is 5.73 Å². The standard InChI is InChI=1S/C9H17NO4/c1-9(13-3-4-14-9)6-7(10)5-8(11)12-2/h7H,3-6,10H2,1-2H3/t7-/m0/s1. The van der Waals surface area contributed by atoms with Crippen molar-refractivity contribution in [3.8, 4) is 0 Å². The van der Waals surface area contributed by atoms with Gasteiger partial charge in [0.05, 0.1) is 26.7 Å². The van der Waals surface area contributed by atoms with Crippen molar-refractivity contribution in [3.63, 3.8) is 0 Å². The van der Waals surface area contributed by atoms with Gasteiger partial charge >= 0.3 is 5.97 Å². The largest absolute Gasteiger partial charge is 0.469 e. The predicted octanol–water partition coefficient (Wildman–Crippen LogP) is 0.0299. The highest BCUT2D eigenvalue weighted by molar-refractivity contribution is 5.69. The van der Waals surface area contributed by atoms with Gasteiger partial charge in [-0.15, -0.1) is 0 Å². The molecular weight excluding hydrogens is 186 g/mol. The topological polar surface area (TPSA) is 70.8 Å². The van der Waals surface area contributed by atoms with Gasteiger partial charge in [0.2, 0.25) is 0 Å². The van der Waals surface area contributed by atoms with Crippen LogP contribution in [-0.2, 0) is 19.0 Å². The third-order valence-electron chi connectivity index (χ3n) is 2.19. The van der Waals surface area contributed by atoms with Crippen LogP contribution in [0.3, 0.4) is 0 Å². The number of ether oxygens (including phenoxy) is 3. The zero-order chi connectivity index (χ0) is 10.6. The Bertz CT molecular complexity index is 201. The minimum Gasteiger partial charge on any atom is -0.469 e. The summed E-state index contributed by atoms with van der Waals surface area (Å²) in [6.07, 6.45) is 0.695. The van der Waals surface area contributed by atoms with E-state index < -0.39 is 5.79 Å². The molecule has 0 aromatic carbocycles. The van der Waals surface area contributed by atoms with Crippen LogP contribution in [0.5, 0.6) is 0 Å². The molecular formula is C9H17NO4. The normalized spacial score (nSPS) is 21.9. The van der Waals surface area contributed by atoms with Gasteiger partial charge in [-0.05, 0) is 6.92 Å². The second-order valence-electron chi connectivity index (χ2n) is 3.58. The van der Waals surface area contributed by atoms with Crippen LogP contribution in [0.25, 0.3) is 0 Å². The predicted molar refractivity (Wildman–Crippen MR) is 49.5 cm³/mol. The molecule has 82 valence electrons. The Morgan fingerprint density at radius 1 is 1.57 bits per heavy atom. The lowest BCUT2D eigenvalue weighted by Crippen LogP contribution is -2.36. The molecule has 0 radical (unpaired) electrons. The number of carbonyl (C=O) groups is 1. The zero-order valence-electron chi connectivity index (χ0n) is 8.62. The molecule has 0 aromatic heterocycles. The van der Waals surface area contributed by atoms with Gasteiger partial charge in [0.1, 0.15) is 0 Å². The molecule has 1 heterocycles. The van der Waals surface area contributed by atoms with Gasteiger partial charge in [-0.25, -0.2) is 0 Å². The summed E-state index contributed by atoms with van der Waals surface area (Å²) >= 11 is 0. The van der Waals surface area contributed by atoms with Gasteiger partial charge in [0.25, 0.3) is 0 Å². The number of hydrogen-bond donors (Lipinski definition) is 1. The van der Waals surface area contributed by atoms with Crippen molar-refractivity contribution in [2.75, 3.05) is 20.3 Å².